The Hall–Kier alpha value is -2.84. The highest BCUT2D eigenvalue weighted by molar-refractivity contribution is 7.99. The molecule has 0 bridgehead atoms. The van der Waals surface area contributed by atoms with E-state index in [9.17, 15) is 9.59 Å². The lowest BCUT2D eigenvalue weighted by Crippen LogP contribution is -2.25. The monoisotopic (exact) mass is 457 g/mol. The summed E-state index contributed by atoms with van der Waals surface area (Å²) in [4.78, 5) is 24.8. The average molecular weight is 458 g/mol. The van der Waals surface area contributed by atoms with Crippen LogP contribution >= 0.6 is 23.4 Å². The number of carbonyl (C=O) groups is 2. The molecular weight excluding hydrogens is 434 g/mol. The zero-order valence-electron chi connectivity index (χ0n) is 17.6. The third kappa shape index (κ3) is 5.86. The predicted octanol–water partition coefficient (Wildman–Crippen LogP) is 4.23. The molecule has 162 valence electrons. The van der Waals surface area contributed by atoms with Crippen molar-refractivity contribution in [2.45, 2.75) is 39.0 Å². The highest BCUT2D eigenvalue weighted by Crippen LogP contribution is 2.21. The molecule has 0 spiro atoms. The van der Waals surface area contributed by atoms with Crippen LogP contribution in [0.2, 0.25) is 5.02 Å². The summed E-state index contributed by atoms with van der Waals surface area (Å²) < 4.78 is 1.89. The second-order valence-electron chi connectivity index (χ2n) is 6.94. The molecule has 0 saturated carbocycles. The predicted molar refractivity (Wildman–Crippen MR) is 124 cm³/mol. The van der Waals surface area contributed by atoms with E-state index in [0.717, 1.165) is 16.8 Å². The molecule has 0 aliphatic heterocycles. The third-order valence-electron chi connectivity index (χ3n) is 4.70. The summed E-state index contributed by atoms with van der Waals surface area (Å²) in [5.41, 5.74) is 3.17. The van der Waals surface area contributed by atoms with Crippen LogP contribution in [-0.2, 0) is 17.9 Å². The van der Waals surface area contributed by atoms with Crippen LogP contribution in [0, 0.1) is 13.8 Å². The van der Waals surface area contributed by atoms with E-state index >= 15 is 0 Å². The average Bonchev–Trinajstić information content (AvgIpc) is 3.14. The van der Waals surface area contributed by atoms with Gasteiger partial charge in [-0.3, -0.25) is 9.59 Å². The summed E-state index contributed by atoms with van der Waals surface area (Å²) in [6.07, 6.45) is 0. The lowest BCUT2D eigenvalue weighted by molar-refractivity contribution is -0.113. The normalized spacial score (nSPS) is 10.7. The van der Waals surface area contributed by atoms with Crippen LogP contribution in [0.15, 0.2) is 47.6 Å². The lowest BCUT2D eigenvalue weighted by Gasteiger charge is -2.10. The number of nitrogens with zero attached hydrogens (tertiary/aromatic N) is 3. The largest absolute Gasteiger partial charge is 0.345 e. The van der Waals surface area contributed by atoms with E-state index in [0.29, 0.717) is 28.1 Å². The first-order valence-electron chi connectivity index (χ1n) is 9.83. The molecule has 0 unspecified atom stereocenters. The Kier molecular flexibility index (Phi) is 7.70. The Balaban J connectivity index is 1.58. The van der Waals surface area contributed by atoms with Crippen LogP contribution in [0.5, 0.6) is 0 Å². The maximum Gasteiger partial charge on any atom is 0.251 e. The van der Waals surface area contributed by atoms with Crippen molar-refractivity contribution in [2.24, 2.45) is 0 Å². The van der Waals surface area contributed by atoms with Gasteiger partial charge in [0, 0.05) is 22.8 Å². The number of aromatic nitrogens is 3. The topological polar surface area (TPSA) is 88.9 Å². The first kappa shape index (κ1) is 22.8. The first-order valence-corrected chi connectivity index (χ1v) is 11.2. The van der Waals surface area contributed by atoms with Crippen molar-refractivity contribution in [1.82, 2.24) is 20.1 Å². The van der Waals surface area contributed by atoms with Gasteiger partial charge in [0.15, 0.2) is 11.0 Å². The van der Waals surface area contributed by atoms with Crippen LogP contribution in [0.25, 0.3) is 0 Å². The number of carbonyl (C=O) groups excluding carboxylic acids is 2. The third-order valence-corrected chi connectivity index (χ3v) is 5.90. The molecule has 0 aliphatic carbocycles. The maximum atomic E-state index is 12.4. The molecule has 2 amide bonds. The minimum atomic E-state index is -0.157. The zero-order valence-corrected chi connectivity index (χ0v) is 19.2. The van der Waals surface area contributed by atoms with Crippen molar-refractivity contribution in [3.05, 3.63) is 70.0 Å². The van der Waals surface area contributed by atoms with Gasteiger partial charge in [0.1, 0.15) is 0 Å². The molecule has 3 aromatic rings. The molecule has 0 saturated heterocycles. The number of aryl methyl sites for hydroxylation is 2. The number of thioether (sulfide) groups is 1. The van der Waals surface area contributed by atoms with E-state index in [1.54, 1.807) is 24.3 Å². The van der Waals surface area contributed by atoms with E-state index in [2.05, 4.69) is 20.8 Å². The summed E-state index contributed by atoms with van der Waals surface area (Å²) in [6, 6.07) is 12.7. The number of halogens is 1. The molecule has 1 heterocycles. The van der Waals surface area contributed by atoms with Crippen molar-refractivity contribution in [3.8, 4) is 0 Å². The molecule has 0 fully saturated rings. The van der Waals surface area contributed by atoms with Crippen LogP contribution in [-0.4, -0.2) is 32.3 Å². The first-order chi connectivity index (χ1) is 14.9. The Morgan fingerprint density at radius 2 is 1.87 bits per heavy atom. The second kappa shape index (κ2) is 10.5. The minimum Gasteiger partial charge on any atom is -0.345 e. The number of hydrogen-bond donors (Lipinski definition) is 2. The minimum absolute atomic E-state index is 0.143. The smallest absolute Gasteiger partial charge is 0.251 e. The molecule has 2 N–H and O–H groups in total. The Bertz CT molecular complexity index is 1100. The molecule has 0 radical (unpaired) electrons. The number of benzene rings is 2. The van der Waals surface area contributed by atoms with E-state index in [1.807, 2.05) is 43.5 Å². The second-order valence-corrected chi connectivity index (χ2v) is 8.32. The molecule has 2 aromatic carbocycles. The summed E-state index contributed by atoms with van der Waals surface area (Å²) >= 11 is 7.26. The van der Waals surface area contributed by atoms with Crippen LogP contribution < -0.4 is 10.6 Å². The Morgan fingerprint density at radius 3 is 2.58 bits per heavy atom. The standard InChI is InChI=1S/C22H24ClN5O2S/c1-4-28-19(12-24-21(30)17-8-6-5-7-14(17)2)26-27-22(28)31-13-20(29)25-18-10-9-16(23)11-15(18)3/h5-11H,4,12-13H2,1-3H3,(H,24,30)(H,25,29). The Labute approximate surface area is 190 Å². The van der Waals surface area contributed by atoms with Gasteiger partial charge in [-0.05, 0) is 56.2 Å². The maximum absolute atomic E-state index is 12.4. The van der Waals surface area contributed by atoms with E-state index in [4.69, 9.17) is 11.6 Å². The molecule has 31 heavy (non-hydrogen) atoms. The van der Waals surface area contributed by atoms with Gasteiger partial charge in [-0.15, -0.1) is 10.2 Å². The van der Waals surface area contributed by atoms with Gasteiger partial charge < -0.3 is 15.2 Å². The highest BCUT2D eigenvalue weighted by atomic mass is 35.5. The van der Waals surface area contributed by atoms with Crippen molar-refractivity contribution in [3.63, 3.8) is 0 Å². The van der Waals surface area contributed by atoms with Gasteiger partial charge >= 0.3 is 0 Å². The molecule has 7 nitrogen and oxygen atoms in total. The van der Waals surface area contributed by atoms with Crippen molar-refractivity contribution < 1.29 is 9.59 Å². The van der Waals surface area contributed by atoms with Crippen molar-refractivity contribution in [1.29, 1.82) is 0 Å². The zero-order chi connectivity index (χ0) is 22.4. The summed E-state index contributed by atoms with van der Waals surface area (Å²) in [5, 5.41) is 15.4. The fourth-order valence-electron chi connectivity index (χ4n) is 3.04. The van der Waals surface area contributed by atoms with Crippen LogP contribution in [0.3, 0.4) is 0 Å². The number of rotatable bonds is 8. The van der Waals surface area contributed by atoms with Gasteiger partial charge in [0.25, 0.3) is 5.91 Å². The number of amides is 2. The number of hydrogen-bond acceptors (Lipinski definition) is 5. The quantitative estimate of drug-likeness (QED) is 0.494. The molecule has 0 atom stereocenters. The highest BCUT2D eigenvalue weighted by Gasteiger charge is 2.15. The van der Waals surface area contributed by atoms with Gasteiger partial charge in [-0.2, -0.15) is 0 Å². The fourth-order valence-corrected chi connectivity index (χ4v) is 4.09. The van der Waals surface area contributed by atoms with Crippen molar-refractivity contribution >= 4 is 40.9 Å². The Morgan fingerprint density at radius 1 is 1.10 bits per heavy atom. The molecular formula is C22H24ClN5O2S. The summed E-state index contributed by atoms with van der Waals surface area (Å²) in [7, 11) is 0. The summed E-state index contributed by atoms with van der Waals surface area (Å²) in [6.45, 7) is 6.64. The lowest BCUT2D eigenvalue weighted by atomic mass is 10.1. The number of anilines is 1. The van der Waals surface area contributed by atoms with Crippen LogP contribution in [0.4, 0.5) is 5.69 Å². The SMILES string of the molecule is CCn1c(CNC(=O)c2ccccc2C)nnc1SCC(=O)Nc1ccc(Cl)cc1C. The summed E-state index contributed by atoms with van der Waals surface area (Å²) in [5.74, 6) is 0.530. The van der Waals surface area contributed by atoms with Crippen LogP contribution in [0.1, 0.15) is 34.2 Å². The van der Waals surface area contributed by atoms with Gasteiger partial charge in [0.2, 0.25) is 5.91 Å². The molecule has 9 heteroatoms. The van der Waals surface area contributed by atoms with E-state index in [1.165, 1.54) is 11.8 Å². The van der Waals surface area contributed by atoms with Crippen molar-refractivity contribution in [2.75, 3.05) is 11.1 Å². The van der Waals surface area contributed by atoms with E-state index < -0.39 is 0 Å². The molecule has 3 rings (SSSR count). The number of nitrogens with one attached hydrogen (secondary N) is 2. The van der Waals surface area contributed by atoms with Gasteiger partial charge in [-0.25, -0.2) is 0 Å². The molecule has 0 aliphatic rings. The fraction of sp³-hybridized carbons (Fsp3) is 0.273. The van der Waals surface area contributed by atoms with Gasteiger partial charge in [-0.1, -0.05) is 41.6 Å². The molecule has 1 aromatic heterocycles. The van der Waals surface area contributed by atoms with E-state index in [-0.39, 0.29) is 24.1 Å². The van der Waals surface area contributed by atoms with Gasteiger partial charge in [0.05, 0.1) is 12.3 Å².